The number of anilines is 1. The smallest absolute Gasteiger partial charge is 0.379 e. The first-order chi connectivity index (χ1) is 18.5. The molecule has 0 aliphatic heterocycles. The quantitative estimate of drug-likeness (QED) is 0.0845. The molecule has 38 heavy (non-hydrogen) atoms. The Morgan fingerprint density at radius 1 is 0.842 bits per heavy atom. The topological polar surface area (TPSA) is 67.9 Å². The van der Waals surface area contributed by atoms with Gasteiger partial charge < -0.3 is 14.8 Å². The third-order valence-electron chi connectivity index (χ3n) is 6.09. The van der Waals surface area contributed by atoms with Crippen LogP contribution in [0.1, 0.15) is 51.5 Å². The van der Waals surface area contributed by atoms with Gasteiger partial charge in [0.2, 0.25) is 5.76 Å². The van der Waals surface area contributed by atoms with Gasteiger partial charge in [0.1, 0.15) is 5.75 Å². The molecule has 2 amide bonds. The molecule has 0 fully saturated rings. The van der Waals surface area contributed by atoms with Crippen molar-refractivity contribution in [3.8, 4) is 16.9 Å². The summed E-state index contributed by atoms with van der Waals surface area (Å²) in [6, 6.07) is 24.5. The second-order valence-corrected chi connectivity index (χ2v) is 9.02. The summed E-state index contributed by atoms with van der Waals surface area (Å²) in [7, 11) is 1.78. The summed E-state index contributed by atoms with van der Waals surface area (Å²) < 4.78 is 11.0. The lowest BCUT2D eigenvalue weighted by molar-refractivity contribution is -0.133. The Hall–Kier alpha value is -4.06. The van der Waals surface area contributed by atoms with Gasteiger partial charge in [-0.05, 0) is 60.4 Å². The fraction of sp³-hybridized carbons (Fsp3) is 0.312. The number of nitrogens with one attached hydrogen (secondary N) is 1. The number of carbonyl (C=O) groups excluding carboxylic acids is 2. The van der Waals surface area contributed by atoms with Gasteiger partial charge in [-0.25, -0.2) is 9.59 Å². The molecular weight excluding hydrogens is 476 g/mol. The SMILES string of the molecule is CCCCCCCNC(=O)N(C)c1cccc(-c2ccc(/C=C(\OCC)C(=O)Oc3ccccc3)cc2)c1. The minimum Gasteiger partial charge on any atom is -0.487 e. The van der Waals surface area contributed by atoms with E-state index >= 15 is 0 Å². The predicted molar refractivity (Wildman–Crippen MR) is 154 cm³/mol. The number of urea groups is 1. The van der Waals surface area contributed by atoms with Crippen LogP contribution in [0.3, 0.4) is 0 Å². The molecule has 1 N–H and O–H groups in total. The summed E-state index contributed by atoms with van der Waals surface area (Å²) in [6.07, 6.45) is 7.47. The molecule has 0 bridgehead atoms. The van der Waals surface area contributed by atoms with Crippen LogP contribution in [0.5, 0.6) is 5.75 Å². The standard InChI is InChI=1S/C32H38N2O4/c1-4-6-7-8-12-22-33-32(36)34(3)28-15-13-14-27(24-28)26-20-18-25(19-21-26)23-30(37-5-2)31(35)38-29-16-10-9-11-17-29/h9-11,13-21,23-24H,4-8,12,22H2,1-3H3,(H,33,36)/b30-23-. The minimum atomic E-state index is -0.544. The average molecular weight is 515 g/mol. The molecular formula is C32H38N2O4. The zero-order valence-electron chi connectivity index (χ0n) is 22.6. The van der Waals surface area contributed by atoms with Crippen molar-refractivity contribution in [2.24, 2.45) is 0 Å². The van der Waals surface area contributed by atoms with Gasteiger partial charge in [-0.15, -0.1) is 0 Å². The second kappa shape index (κ2) is 15.3. The molecule has 0 aliphatic carbocycles. The highest BCUT2D eigenvalue weighted by atomic mass is 16.6. The van der Waals surface area contributed by atoms with Crippen molar-refractivity contribution < 1.29 is 19.1 Å². The van der Waals surface area contributed by atoms with Crippen LogP contribution in [0.2, 0.25) is 0 Å². The fourth-order valence-corrected chi connectivity index (χ4v) is 3.94. The molecule has 0 saturated carbocycles. The Balaban J connectivity index is 1.65. The Labute approximate surface area is 226 Å². The maximum absolute atomic E-state index is 12.6. The van der Waals surface area contributed by atoms with Crippen LogP contribution < -0.4 is 15.0 Å². The molecule has 0 saturated heterocycles. The second-order valence-electron chi connectivity index (χ2n) is 9.02. The molecule has 3 aromatic rings. The number of para-hydroxylation sites is 1. The van der Waals surface area contributed by atoms with E-state index in [1.807, 2.05) is 61.5 Å². The summed E-state index contributed by atoms with van der Waals surface area (Å²) in [5.74, 6) is 0.0603. The molecule has 3 rings (SSSR count). The predicted octanol–water partition coefficient (Wildman–Crippen LogP) is 7.45. The maximum Gasteiger partial charge on any atom is 0.379 e. The van der Waals surface area contributed by atoms with Gasteiger partial charge in [-0.3, -0.25) is 4.90 Å². The number of hydrogen-bond acceptors (Lipinski definition) is 4. The van der Waals surface area contributed by atoms with Crippen molar-refractivity contribution in [2.75, 3.05) is 25.1 Å². The van der Waals surface area contributed by atoms with Gasteiger partial charge in [-0.1, -0.05) is 87.2 Å². The minimum absolute atomic E-state index is 0.107. The van der Waals surface area contributed by atoms with E-state index in [4.69, 9.17) is 9.47 Å². The molecule has 6 nitrogen and oxygen atoms in total. The van der Waals surface area contributed by atoms with Crippen LogP contribution in [0.4, 0.5) is 10.5 Å². The van der Waals surface area contributed by atoms with Gasteiger partial charge in [0.15, 0.2) is 0 Å². The first kappa shape index (κ1) is 28.5. The molecule has 0 aromatic heterocycles. The number of esters is 1. The van der Waals surface area contributed by atoms with E-state index < -0.39 is 5.97 Å². The maximum atomic E-state index is 12.6. The van der Waals surface area contributed by atoms with E-state index in [0.717, 1.165) is 35.2 Å². The zero-order chi connectivity index (χ0) is 27.2. The van der Waals surface area contributed by atoms with Crippen molar-refractivity contribution in [3.05, 3.63) is 90.2 Å². The Morgan fingerprint density at radius 3 is 2.29 bits per heavy atom. The summed E-state index contributed by atoms with van der Waals surface area (Å²) >= 11 is 0. The number of rotatable bonds is 13. The van der Waals surface area contributed by atoms with Gasteiger partial charge in [0, 0.05) is 19.3 Å². The first-order valence-corrected chi connectivity index (χ1v) is 13.4. The van der Waals surface area contributed by atoms with Crippen LogP contribution >= 0.6 is 0 Å². The van der Waals surface area contributed by atoms with E-state index in [1.165, 1.54) is 19.3 Å². The van der Waals surface area contributed by atoms with Crippen LogP contribution in [0.25, 0.3) is 17.2 Å². The number of ether oxygens (including phenoxy) is 2. The molecule has 6 heteroatoms. The molecule has 0 unspecified atom stereocenters. The lowest BCUT2D eigenvalue weighted by atomic mass is 10.0. The monoisotopic (exact) mass is 514 g/mol. The number of nitrogens with zero attached hydrogens (tertiary/aromatic N) is 1. The number of amides is 2. The highest BCUT2D eigenvalue weighted by molar-refractivity contribution is 5.93. The summed E-state index contributed by atoms with van der Waals surface area (Å²) in [5, 5.41) is 3.01. The average Bonchev–Trinajstić information content (AvgIpc) is 2.95. The Morgan fingerprint density at radius 2 is 1.58 bits per heavy atom. The molecule has 0 spiro atoms. The molecule has 0 radical (unpaired) electrons. The fourth-order valence-electron chi connectivity index (χ4n) is 3.94. The molecule has 200 valence electrons. The molecule has 0 heterocycles. The lowest BCUT2D eigenvalue weighted by Gasteiger charge is -2.19. The normalized spacial score (nSPS) is 11.1. The summed E-state index contributed by atoms with van der Waals surface area (Å²) in [5.41, 5.74) is 3.62. The molecule has 0 atom stereocenters. The van der Waals surface area contributed by atoms with Crippen LogP contribution in [-0.4, -0.2) is 32.2 Å². The Bertz CT molecular complexity index is 1190. The largest absolute Gasteiger partial charge is 0.487 e. The van der Waals surface area contributed by atoms with Gasteiger partial charge in [0.25, 0.3) is 0 Å². The highest BCUT2D eigenvalue weighted by Crippen LogP contribution is 2.25. The van der Waals surface area contributed by atoms with Crippen molar-refractivity contribution in [1.29, 1.82) is 0 Å². The van der Waals surface area contributed by atoms with Crippen LogP contribution in [-0.2, 0) is 9.53 Å². The van der Waals surface area contributed by atoms with Gasteiger partial charge in [-0.2, -0.15) is 0 Å². The Kier molecular flexibility index (Phi) is 11.4. The van der Waals surface area contributed by atoms with Crippen LogP contribution in [0, 0.1) is 0 Å². The van der Waals surface area contributed by atoms with E-state index in [0.29, 0.717) is 18.9 Å². The van der Waals surface area contributed by atoms with Gasteiger partial charge >= 0.3 is 12.0 Å². The van der Waals surface area contributed by atoms with E-state index in [9.17, 15) is 9.59 Å². The number of unbranched alkanes of at least 4 members (excludes halogenated alkanes) is 4. The molecule has 0 aliphatic rings. The van der Waals surface area contributed by atoms with Crippen molar-refractivity contribution in [3.63, 3.8) is 0 Å². The number of carbonyl (C=O) groups is 2. The number of hydrogen-bond donors (Lipinski definition) is 1. The third-order valence-corrected chi connectivity index (χ3v) is 6.09. The van der Waals surface area contributed by atoms with Crippen LogP contribution in [0.15, 0.2) is 84.6 Å². The third kappa shape index (κ3) is 8.80. The van der Waals surface area contributed by atoms with Crippen molar-refractivity contribution in [1.82, 2.24) is 5.32 Å². The summed E-state index contributed by atoms with van der Waals surface area (Å²) in [6.45, 7) is 5.05. The number of benzene rings is 3. The van der Waals surface area contributed by atoms with Crippen molar-refractivity contribution in [2.45, 2.75) is 46.0 Å². The van der Waals surface area contributed by atoms with E-state index in [-0.39, 0.29) is 11.8 Å². The molecule has 3 aromatic carbocycles. The van der Waals surface area contributed by atoms with E-state index in [1.54, 1.807) is 42.3 Å². The lowest BCUT2D eigenvalue weighted by Crippen LogP contribution is -2.37. The van der Waals surface area contributed by atoms with Gasteiger partial charge in [0.05, 0.1) is 6.61 Å². The first-order valence-electron chi connectivity index (χ1n) is 13.4. The van der Waals surface area contributed by atoms with Crippen molar-refractivity contribution >= 4 is 23.8 Å². The zero-order valence-corrected chi connectivity index (χ0v) is 22.6. The van der Waals surface area contributed by atoms with E-state index in [2.05, 4.69) is 12.2 Å². The highest BCUT2D eigenvalue weighted by Gasteiger charge is 2.14. The summed E-state index contributed by atoms with van der Waals surface area (Å²) in [4.78, 5) is 26.9.